The van der Waals surface area contributed by atoms with Crippen LogP contribution in [0.2, 0.25) is 0 Å². The van der Waals surface area contributed by atoms with E-state index >= 15 is 0 Å². The molecular formula is C19H22FN3O. The molecule has 0 bridgehead atoms. The van der Waals surface area contributed by atoms with Gasteiger partial charge in [-0.3, -0.25) is 4.99 Å². The lowest BCUT2D eigenvalue weighted by molar-refractivity contribution is 0.122. The lowest BCUT2D eigenvalue weighted by Crippen LogP contribution is -2.36. The maximum Gasteiger partial charge on any atom is 0.147 e. The number of nitrogens with zero attached hydrogens (tertiary/aromatic N) is 3. The molecule has 1 heterocycles. The Morgan fingerprint density at radius 1 is 1.08 bits per heavy atom. The molecular weight excluding hydrogens is 305 g/mol. The molecule has 1 aliphatic rings. The van der Waals surface area contributed by atoms with Crippen molar-refractivity contribution in [3.63, 3.8) is 0 Å². The normalized spacial score (nSPS) is 15.0. The molecule has 1 fully saturated rings. The zero-order valence-electron chi connectivity index (χ0n) is 14.1. The van der Waals surface area contributed by atoms with Crippen molar-refractivity contribution in [2.24, 2.45) is 4.99 Å². The van der Waals surface area contributed by atoms with E-state index in [0.717, 1.165) is 30.0 Å². The number of benzene rings is 2. The third-order valence-corrected chi connectivity index (χ3v) is 4.05. The molecule has 0 aliphatic carbocycles. The van der Waals surface area contributed by atoms with Gasteiger partial charge in [0.1, 0.15) is 5.82 Å². The van der Waals surface area contributed by atoms with Crippen LogP contribution >= 0.6 is 0 Å². The highest BCUT2D eigenvalue weighted by Crippen LogP contribution is 2.22. The third kappa shape index (κ3) is 3.92. The van der Waals surface area contributed by atoms with Crippen molar-refractivity contribution in [3.8, 4) is 0 Å². The first-order valence-electron chi connectivity index (χ1n) is 8.07. The second-order valence-corrected chi connectivity index (χ2v) is 5.98. The molecule has 0 atom stereocenters. The lowest BCUT2D eigenvalue weighted by Gasteiger charge is -2.29. The van der Waals surface area contributed by atoms with Crippen LogP contribution in [-0.4, -0.2) is 46.6 Å². The fraction of sp³-hybridized carbons (Fsp3) is 0.316. The number of morpholine rings is 1. The van der Waals surface area contributed by atoms with Gasteiger partial charge < -0.3 is 14.5 Å². The van der Waals surface area contributed by atoms with Gasteiger partial charge in [0, 0.05) is 39.1 Å². The van der Waals surface area contributed by atoms with E-state index in [1.807, 2.05) is 60.3 Å². The molecule has 0 amide bonds. The average molecular weight is 327 g/mol. The van der Waals surface area contributed by atoms with Crippen LogP contribution in [-0.2, 0) is 4.74 Å². The van der Waals surface area contributed by atoms with Crippen molar-refractivity contribution < 1.29 is 9.13 Å². The van der Waals surface area contributed by atoms with Crippen LogP contribution in [0.4, 0.5) is 21.5 Å². The fourth-order valence-electron chi connectivity index (χ4n) is 2.65. The Bertz CT molecular complexity index is 707. The Morgan fingerprint density at radius 2 is 1.79 bits per heavy atom. The smallest absolute Gasteiger partial charge is 0.147 e. The zero-order chi connectivity index (χ0) is 16.9. The first kappa shape index (κ1) is 16.5. The average Bonchev–Trinajstić information content (AvgIpc) is 2.61. The molecule has 2 aromatic carbocycles. The molecule has 0 aromatic heterocycles. The summed E-state index contributed by atoms with van der Waals surface area (Å²) in [7, 11) is 3.99. The first-order valence-corrected chi connectivity index (χ1v) is 8.07. The lowest BCUT2D eigenvalue weighted by atomic mass is 10.2. The molecule has 4 nitrogen and oxygen atoms in total. The number of anilines is 2. The summed E-state index contributed by atoms with van der Waals surface area (Å²) in [5.74, 6) is -0.219. The first-order chi connectivity index (χ1) is 11.6. The van der Waals surface area contributed by atoms with Gasteiger partial charge in [-0.1, -0.05) is 6.07 Å². The number of hydrogen-bond acceptors (Lipinski definition) is 4. The fourth-order valence-corrected chi connectivity index (χ4v) is 2.65. The number of ether oxygens (including phenoxy) is 1. The minimum atomic E-state index is -0.219. The largest absolute Gasteiger partial charge is 0.378 e. The Balaban J connectivity index is 1.71. The van der Waals surface area contributed by atoms with Crippen molar-refractivity contribution in [2.45, 2.75) is 0 Å². The van der Waals surface area contributed by atoms with Gasteiger partial charge >= 0.3 is 0 Å². The molecule has 3 rings (SSSR count). The van der Waals surface area contributed by atoms with Gasteiger partial charge in [-0.2, -0.15) is 0 Å². The highest BCUT2D eigenvalue weighted by Gasteiger charge is 2.14. The summed E-state index contributed by atoms with van der Waals surface area (Å²) in [6.07, 6.45) is 1.69. The summed E-state index contributed by atoms with van der Waals surface area (Å²) < 4.78 is 19.7. The number of hydrogen-bond donors (Lipinski definition) is 0. The van der Waals surface area contributed by atoms with Gasteiger partial charge in [-0.15, -0.1) is 0 Å². The molecule has 5 heteroatoms. The van der Waals surface area contributed by atoms with Crippen molar-refractivity contribution in [3.05, 3.63) is 53.8 Å². The highest BCUT2D eigenvalue weighted by atomic mass is 19.1. The number of aliphatic imine (C=N–C) groups is 1. The minimum absolute atomic E-state index is 0.219. The van der Waals surface area contributed by atoms with E-state index < -0.39 is 0 Å². The molecule has 0 radical (unpaired) electrons. The van der Waals surface area contributed by atoms with E-state index in [1.165, 1.54) is 6.07 Å². The van der Waals surface area contributed by atoms with Crippen LogP contribution in [0.5, 0.6) is 0 Å². The molecule has 0 spiro atoms. The predicted molar refractivity (Wildman–Crippen MR) is 97.5 cm³/mol. The monoisotopic (exact) mass is 327 g/mol. The molecule has 0 saturated carbocycles. The SMILES string of the molecule is CN(C)c1ccc(N=Cc2ccc(N3CCOCC3)c(F)c2)cc1. The molecule has 0 N–H and O–H groups in total. The summed E-state index contributed by atoms with van der Waals surface area (Å²) in [6, 6.07) is 13.2. The van der Waals surface area contributed by atoms with Crippen LogP contribution in [0.3, 0.4) is 0 Å². The Hall–Kier alpha value is -2.40. The van der Waals surface area contributed by atoms with E-state index in [0.29, 0.717) is 18.9 Å². The maximum atomic E-state index is 14.4. The Kier molecular flexibility index (Phi) is 5.11. The molecule has 24 heavy (non-hydrogen) atoms. The van der Waals surface area contributed by atoms with Gasteiger partial charge in [-0.05, 0) is 42.0 Å². The quantitative estimate of drug-likeness (QED) is 0.805. The molecule has 0 unspecified atom stereocenters. The van der Waals surface area contributed by atoms with Crippen LogP contribution in [0.25, 0.3) is 0 Å². The van der Waals surface area contributed by atoms with Crippen LogP contribution in [0.15, 0.2) is 47.5 Å². The van der Waals surface area contributed by atoms with E-state index in [4.69, 9.17) is 4.74 Å². The zero-order valence-corrected chi connectivity index (χ0v) is 14.1. The predicted octanol–water partition coefficient (Wildman–Crippen LogP) is 3.48. The van der Waals surface area contributed by atoms with Crippen molar-refractivity contribution in [1.82, 2.24) is 0 Å². The summed E-state index contributed by atoms with van der Waals surface area (Å²) in [6.45, 7) is 2.74. The van der Waals surface area contributed by atoms with Crippen LogP contribution in [0.1, 0.15) is 5.56 Å². The van der Waals surface area contributed by atoms with Gasteiger partial charge in [0.25, 0.3) is 0 Å². The van der Waals surface area contributed by atoms with E-state index in [1.54, 1.807) is 6.21 Å². The molecule has 126 valence electrons. The highest BCUT2D eigenvalue weighted by molar-refractivity contribution is 5.82. The summed E-state index contributed by atoms with van der Waals surface area (Å²) in [5.41, 5.74) is 3.35. The van der Waals surface area contributed by atoms with Crippen LogP contribution < -0.4 is 9.80 Å². The van der Waals surface area contributed by atoms with Crippen molar-refractivity contribution >= 4 is 23.3 Å². The summed E-state index contributed by atoms with van der Waals surface area (Å²) in [5, 5.41) is 0. The Labute approximate surface area is 142 Å². The second-order valence-electron chi connectivity index (χ2n) is 5.98. The molecule has 1 saturated heterocycles. The van der Waals surface area contributed by atoms with Crippen molar-refractivity contribution in [1.29, 1.82) is 0 Å². The third-order valence-electron chi connectivity index (χ3n) is 4.05. The standard InChI is InChI=1S/C19H22FN3O/c1-22(2)17-6-4-16(5-7-17)21-14-15-3-8-19(18(20)13-15)23-9-11-24-12-10-23/h3-8,13-14H,9-12H2,1-2H3. The number of rotatable bonds is 4. The molecule has 2 aromatic rings. The van der Waals surface area contributed by atoms with Gasteiger partial charge in [0.2, 0.25) is 0 Å². The molecule has 1 aliphatic heterocycles. The topological polar surface area (TPSA) is 28.1 Å². The van der Waals surface area contributed by atoms with Crippen molar-refractivity contribution in [2.75, 3.05) is 50.2 Å². The maximum absolute atomic E-state index is 14.4. The second kappa shape index (κ2) is 7.45. The van der Waals surface area contributed by atoms with Crippen LogP contribution in [0, 0.1) is 5.82 Å². The van der Waals surface area contributed by atoms with Gasteiger partial charge in [0.15, 0.2) is 0 Å². The van der Waals surface area contributed by atoms with E-state index in [-0.39, 0.29) is 5.82 Å². The van der Waals surface area contributed by atoms with E-state index in [2.05, 4.69) is 4.99 Å². The Morgan fingerprint density at radius 3 is 2.42 bits per heavy atom. The minimum Gasteiger partial charge on any atom is -0.378 e. The summed E-state index contributed by atoms with van der Waals surface area (Å²) >= 11 is 0. The van der Waals surface area contributed by atoms with Gasteiger partial charge in [0.05, 0.1) is 24.6 Å². The van der Waals surface area contributed by atoms with E-state index in [9.17, 15) is 4.39 Å². The summed E-state index contributed by atoms with van der Waals surface area (Å²) in [4.78, 5) is 8.47. The number of halogens is 1. The van der Waals surface area contributed by atoms with Gasteiger partial charge in [-0.25, -0.2) is 4.39 Å².